The van der Waals surface area contributed by atoms with Crippen LogP contribution in [0.1, 0.15) is 41.3 Å². The minimum atomic E-state index is -1.000. The molecule has 0 saturated carbocycles. The number of benzene rings is 2. The third-order valence-electron chi connectivity index (χ3n) is 4.67. The number of amides is 2. The minimum absolute atomic E-state index is 0.214. The van der Waals surface area contributed by atoms with E-state index in [0.29, 0.717) is 24.2 Å². The SMILES string of the molecule is O=C(CNC(=O)c1ccccc1)O[C@@H](C(=O)N1CCCCC1)c1ccccc1. The van der Waals surface area contributed by atoms with E-state index >= 15 is 0 Å². The number of hydrogen-bond donors (Lipinski definition) is 1. The molecule has 1 N–H and O–H groups in total. The Morgan fingerprint density at radius 2 is 1.50 bits per heavy atom. The lowest BCUT2D eigenvalue weighted by molar-refractivity contribution is -0.160. The third-order valence-corrected chi connectivity index (χ3v) is 4.67. The lowest BCUT2D eigenvalue weighted by atomic mass is 10.1. The molecule has 3 rings (SSSR count). The zero-order chi connectivity index (χ0) is 19.8. The summed E-state index contributed by atoms with van der Waals surface area (Å²) >= 11 is 0. The standard InChI is InChI=1S/C22H24N2O4/c25-19(16-23-21(26)18-12-6-2-7-13-18)28-20(17-10-4-1-5-11-17)22(27)24-14-8-3-9-15-24/h1-2,4-7,10-13,20H,3,8-9,14-16H2,(H,23,26)/t20-/m1/s1. The molecule has 1 aliphatic heterocycles. The number of piperidine rings is 1. The summed E-state index contributed by atoms with van der Waals surface area (Å²) in [5.41, 5.74) is 1.08. The van der Waals surface area contributed by atoms with Crippen molar-refractivity contribution in [3.63, 3.8) is 0 Å². The third kappa shape index (κ3) is 5.19. The summed E-state index contributed by atoms with van der Waals surface area (Å²) in [5.74, 6) is -1.23. The van der Waals surface area contributed by atoms with Gasteiger partial charge in [-0.2, -0.15) is 0 Å². The summed E-state index contributed by atoms with van der Waals surface area (Å²) in [4.78, 5) is 39.1. The van der Waals surface area contributed by atoms with E-state index in [9.17, 15) is 14.4 Å². The summed E-state index contributed by atoms with van der Waals surface area (Å²) in [7, 11) is 0. The lowest BCUT2D eigenvalue weighted by Gasteiger charge is -2.30. The number of hydrogen-bond acceptors (Lipinski definition) is 4. The maximum atomic E-state index is 13.0. The molecule has 0 spiro atoms. The maximum absolute atomic E-state index is 13.0. The molecular formula is C22H24N2O4. The number of nitrogens with zero attached hydrogens (tertiary/aromatic N) is 1. The highest BCUT2D eigenvalue weighted by Crippen LogP contribution is 2.22. The average Bonchev–Trinajstić information content (AvgIpc) is 2.77. The zero-order valence-electron chi connectivity index (χ0n) is 15.7. The van der Waals surface area contributed by atoms with Gasteiger partial charge in [-0.15, -0.1) is 0 Å². The van der Waals surface area contributed by atoms with Crippen molar-refractivity contribution in [1.29, 1.82) is 0 Å². The zero-order valence-corrected chi connectivity index (χ0v) is 15.7. The van der Waals surface area contributed by atoms with E-state index in [4.69, 9.17) is 4.74 Å². The number of rotatable bonds is 6. The van der Waals surface area contributed by atoms with Crippen LogP contribution >= 0.6 is 0 Å². The monoisotopic (exact) mass is 380 g/mol. The molecule has 0 bridgehead atoms. The van der Waals surface area contributed by atoms with Gasteiger partial charge in [0, 0.05) is 24.2 Å². The summed E-state index contributed by atoms with van der Waals surface area (Å²) in [6.45, 7) is 1.04. The molecule has 1 aliphatic rings. The van der Waals surface area contributed by atoms with Gasteiger partial charge in [-0.25, -0.2) is 0 Å². The second kappa shape index (κ2) is 9.69. The molecule has 0 aliphatic carbocycles. The number of esters is 1. The predicted octanol–water partition coefficient (Wildman–Crippen LogP) is 2.71. The summed E-state index contributed by atoms with van der Waals surface area (Å²) < 4.78 is 5.49. The van der Waals surface area contributed by atoms with Crippen LogP contribution in [-0.4, -0.2) is 42.3 Å². The molecule has 2 aromatic carbocycles. The highest BCUT2D eigenvalue weighted by molar-refractivity contribution is 5.96. The van der Waals surface area contributed by atoms with Crippen LogP contribution in [0.5, 0.6) is 0 Å². The van der Waals surface area contributed by atoms with Gasteiger partial charge in [0.15, 0.2) is 0 Å². The van der Waals surface area contributed by atoms with E-state index in [2.05, 4.69) is 5.32 Å². The Bertz CT molecular complexity index is 802. The maximum Gasteiger partial charge on any atom is 0.326 e. The Morgan fingerprint density at radius 3 is 2.14 bits per heavy atom. The van der Waals surface area contributed by atoms with Gasteiger partial charge in [0.05, 0.1) is 0 Å². The van der Waals surface area contributed by atoms with E-state index in [-0.39, 0.29) is 18.4 Å². The molecule has 28 heavy (non-hydrogen) atoms. The van der Waals surface area contributed by atoms with Crippen LogP contribution < -0.4 is 5.32 Å². The molecule has 6 nitrogen and oxygen atoms in total. The van der Waals surface area contributed by atoms with Crippen molar-refractivity contribution in [2.24, 2.45) is 0 Å². The number of likely N-dealkylation sites (tertiary alicyclic amines) is 1. The van der Waals surface area contributed by atoms with Crippen LogP contribution in [0.25, 0.3) is 0 Å². The topological polar surface area (TPSA) is 75.7 Å². The van der Waals surface area contributed by atoms with Crippen molar-refractivity contribution in [3.8, 4) is 0 Å². The van der Waals surface area contributed by atoms with Gasteiger partial charge < -0.3 is 15.0 Å². The molecule has 0 unspecified atom stereocenters. The molecule has 2 aromatic rings. The van der Waals surface area contributed by atoms with E-state index in [1.54, 1.807) is 53.4 Å². The quantitative estimate of drug-likeness (QED) is 0.782. The van der Waals surface area contributed by atoms with Crippen molar-refractivity contribution in [2.75, 3.05) is 19.6 Å². The molecule has 1 heterocycles. The van der Waals surface area contributed by atoms with Gasteiger partial charge in [0.25, 0.3) is 11.8 Å². The second-order valence-corrected chi connectivity index (χ2v) is 6.72. The van der Waals surface area contributed by atoms with Crippen LogP contribution in [0.2, 0.25) is 0 Å². The average molecular weight is 380 g/mol. The van der Waals surface area contributed by atoms with Gasteiger partial charge in [0.1, 0.15) is 6.54 Å². The van der Waals surface area contributed by atoms with Crippen LogP contribution in [0, 0.1) is 0 Å². The van der Waals surface area contributed by atoms with E-state index in [1.807, 2.05) is 12.1 Å². The van der Waals surface area contributed by atoms with Gasteiger partial charge in [-0.05, 0) is 31.4 Å². The number of nitrogens with one attached hydrogen (secondary N) is 1. The number of carbonyl (C=O) groups is 3. The Balaban J connectivity index is 1.64. The Kier molecular flexibility index (Phi) is 6.78. The molecule has 1 saturated heterocycles. The van der Waals surface area contributed by atoms with Crippen molar-refractivity contribution >= 4 is 17.8 Å². The highest BCUT2D eigenvalue weighted by atomic mass is 16.5. The van der Waals surface area contributed by atoms with E-state index in [1.165, 1.54) is 0 Å². The molecule has 146 valence electrons. The fourth-order valence-corrected chi connectivity index (χ4v) is 3.19. The molecular weight excluding hydrogens is 356 g/mol. The summed E-state index contributed by atoms with van der Waals surface area (Å²) in [6.07, 6.45) is 2.01. The lowest BCUT2D eigenvalue weighted by Crippen LogP contribution is -2.41. The van der Waals surface area contributed by atoms with E-state index < -0.39 is 12.1 Å². The summed E-state index contributed by atoms with van der Waals surface area (Å²) in [6, 6.07) is 17.6. The van der Waals surface area contributed by atoms with Crippen LogP contribution in [0.4, 0.5) is 0 Å². The van der Waals surface area contributed by atoms with Crippen LogP contribution in [0.3, 0.4) is 0 Å². The first kappa shape index (κ1) is 19.6. The smallest absolute Gasteiger partial charge is 0.326 e. The first-order chi connectivity index (χ1) is 13.6. The van der Waals surface area contributed by atoms with Crippen molar-refractivity contribution in [2.45, 2.75) is 25.4 Å². The largest absolute Gasteiger partial charge is 0.446 e. The van der Waals surface area contributed by atoms with Crippen molar-refractivity contribution in [3.05, 3.63) is 71.8 Å². The molecule has 2 amide bonds. The first-order valence-electron chi connectivity index (χ1n) is 9.51. The normalized spacial score (nSPS) is 14.8. The summed E-state index contributed by atoms with van der Waals surface area (Å²) in [5, 5.41) is 2.54. The molecule has 1 atom stereocenters. The Morgan fingerprint density at radius 1 is 0.893 bits per heavy atom. The fraction of sp³-hybridized carbons (Fsp3) is 0.318. The van der Waals surface area contributed by atoms with Gasteiger partial charge in [-0.3, -0.25) is 14.4 Å². The molecule has 0 radical (unpaired) electrons. The van der Waals surface area contributed by atoms with Gasteiger partial charge in [0.2, 0.25) is 6.10 Å². The Labute approximate surface area is 164 Å². The first-order valence-corrected chi connectivity index (χ1v) is 9.51. The number of carbonyl (C=O) groups excluding carboxylic acids is 3. The Hall–Kier alpha value is -3.15. The van der Waals surface area contributed by atoms with Gasteiger partial charge in [-0.1, -0.05) is 48.5 Å². The van der Waals surface area contributed by atoms with Crippen LogP contribution in [-0.2, 0) is 14.3 Å². The molecule has 1 fully saturated rings. The highest BCUT2D eigenvalue weighted by Gasteiger charge is 2.30. The minimum Gasteiger partial charge on any atom is -0.446 e. The van der Waals surface area contributed by atoms with Crippen molar-refractivity contribution < 1.29 is 19.1 Å². The van der Waals surface area contributed by atoms with Crippen molar-refractivity contribution in [1.82, 2.24) is 10.2 Å². The second-order valence-electron chi connectivity index (χ2n) is 6.72. The molecule has 6 heteroatoms. The number of ether oxygens (including phenoxy) is 1. The van der Waals surface area contributed by atoms with E-state index in [0.717, 1.165) is 19.3 Å². The fourth-order valence-electron chi connectivity index (χ4n) is 3.19. The van der Waals surface area contributed by atoms with Crippen LogP contribution in [0.15, 0.2) is 60.7 Å². The van der Waals surface area contributed by atoms with Gasteiger partial charge >= 0.3 is 5.97 Å². The predicted molar refractivity (Wildman–Crippen MR) is 104 cm³/mol. The molecule has 0 aromatic heterocycles.